The van der Waals surface area contributed by atoms with E-state index < -0.39 is 15.8 Å². The third-order valence-corrected chi connectivity index (χ3v) is 5.62. The van der Waals surface area contributed by atoms with E-state index >= 15 is 0 Å². The summed E-state index contributed by atoms with van der Waals surface area (Å²) in [6.45, 7) is 1.63. The van der Waals surface area contributed by atoms with E-state index in [1.54, 1.807) is 26.1 Å². The van der Waals surface area contributed by atoms with Crippen molar-refractivity contribution in [3.63, 3.8) is 0 Å². The number of nitrogens with one attached hydrogen (secondary N) is 1. The number of oxazole rings is 1. The molecule has 0 aliphatic heterocycles. The van der Waals surface area contributed by atoms with E-state index in [-0.39, 0.29) is 21.2 Å². The Kier molecular flexibility index (Phi) is 4.11. The molecule has 0 aliphatic carbocycles. The third kappa shape index (κ3) is 2.90. The van der Waals surface area contributed by atoms with E-state index in [1.807, 2.05) is 0 Å². The molecule has 1 heterocycles. The smallest absolute Gasteiger partial charge is 0.408 e. The SMILES string of the molecule is Cc1cc2c(cc1S(=O)(=O)Nc1cc(Cl)ccc1Cl)oc(=O)n2C. The first-order valence-electron chi connectivity index (χ1n) is 6.77. The maximum atomic E-state index is 12.7. The van der Waals surface area contributed by atoms with Gasteiger partial charge in [0.1, 0.15) is 0 Å². The van der Waals surface area contributed by atoms with Crippen LogP contribution >= 0.6 is 23.2 Å². The fourth-order valence-corrected chi connectivity index (χ4v) is 4.03. The molecule has 3 aromatic rings. The molecule has 0 radical (unpaired) electrons. The summed E-state index contributed by atoms with van der Waals surface area (Å²) >= 11 is 11.9. The summed E-state index contributed by atoms with van der Waals surface area (Å²) in [6, 6.07) is 7.35. The highest BCUT2D eigenvalue weighted by Crippen LogP contribution is 2.29. The Morgan fingerprint density at radius 3 is 2.58 bits per heavy atom. The number of hydrogen-bond donors (Lipinski definition) is 1. The minimum absolute atomic E-state index is 0.0135. The number of nitrogens with zero attached hydrogens (tertiary/aromatic N) is 1. The highest BCUT2D eigenvalue weighted by Gasteiger charge is 2.21. The summed E-state index contributed by atoms with van der Waals surface area (Å²) in [4.78, 5) is 11.6. The van der Waals surface area contributed by atoms with Crippen LogP contribution in [0.4, 0.5) is 5.69 Å². The van der Waals surface area contributed by atoms with Crippen molar-refractivity contribution in [3.05, 3.63) is 56.5 Å². The van der Waals surface area contributed by atoms with Crippen molar-refractivity contribution in [3.8, 4) is 0 Å². The Morgan fingerprint density at radius 2 is 1.88 bits per heavy atom. The standard InChI is InChI=1S/C15H12Cl2N2O4S/c1-8-5-12-13(23-15(20)19(12)2)7-14(8)24(21,22)18-11-6-9(16)3-4-10(11)17/h3-7,18H,1-2H3. The predicted molar refractivity (Wildman–Crippen MR) is 93.5 cm³/mol. The predicted octanol–water partition coefficient (Wildman–Crippen LogP) is 3.55. The van der Waals surface area contributed by atoms with E-state index in [4.69, 9.17) is 27.6 Å². The number of rotatable bonds is 3. The second-order valence-corrected chi connectivity index (χ2v) is 7.74. The van der Waals surface area contributed by atoms with Crippen LogP contribution in [0.3, 0.4) is 0 Å². The lowest BCUT2D eigenvalue weighted by Gasteiger charge is -2.12. The molecule has 0 saturated carbocycles. The minimum atomic E-state index is -3.94. The second kappa shape index (κ2) is 5.84. The summed E-state index contributed by atoms with van der Waals surface area (Å²) in [6.07, 6.45) is 0. The Labute approximate surface area is 147 Å². The Morgan fingerprint density at radius 1 is 1.17 bits per heavy atom. The molecule has 1 aromatic heterocycles. The monoisotopic (exact) mass is 386 g/mol. The Bertz CT molecular complexity index is 1120. The number of benzene rings is 2. The Hall–Kier alpha value is -1.96. The molecule has 6 nitrogen and oxygen atoms in total. The molecule has 0 atom stereocenters. The molecule has 126 valence electrons. The van der Waals surface area contributed by atoms with Gasteiger partial charge in [0.25, 0.3) is 10.0 Å². The second-order valence-electron chi connectivity index (χ2n) is 5.24. The zero-order valence-corrected chi connectivity index (χ0v) is 15.0. The number of fused-ring (bicyclic) bond motifs is 1. The van der Waals surface area contributed by atoms with Gasteiger partial charge in [-0.3, -0.25) is 9.29 Å². The number of aromatic nitrogens is 1. The molecule has 0 amide bonds. The van der Waals surface area contributed by atoms with Crippen LogP contribution < -0.4 is 10.5 Å². The van der Waals surface area contributed by atoms with Crippen LogP contribution in [0.5, 0.6) is 0 Å². The van der Waals surface area contributed by atoms with E-state index in [0.29, 0.717) is 16.1 Å². The van der Waals surface area contributed by atoms with Crippen molar-refractivity contribution in [1.82, 2.24) is 4.57 Å². The highest BCUT2D eigenvalue weighted by molar-refractivity contribution is 7.92. The van der Waals surface area contributed by atoms with Crippen LogP contribution in [0.15, 0.2) is 44.4 Å². The molecule has 0 fully saturated rings. The first-order chi connectivity index (χ1) is 11.2. The number of halogens is 2. The van der Waals surface area contributed by atoms with Crippen molar-refractivity contribution >= 4 is 50.0 Å². The molecular weight excluding hydrogens is 375 g/mol. The van der Waals surface area contributed by atoms with E-state index in [9.17, 15) is 13.2 Å². The first-order valence-corrected chi connectivity index (χ1v) is 9.01. The van der Waals surface area contributed by atoms with Gasteiger partial charge in [-0.05, 0) is 36.8 Å². The average molecular weight is 387 g/mol. The van der Waals surface area contributed by atoms with Crippen molar-refractivity contribution in [1.29, 1.82) is 0 Å². The summed E-state index contributed by atoms with van der Waals surface area (Å²) in [5.74, 6) is -0.565. The van der Waals surface area contributed by atoms with Crippen LogP contribution in [-0.4, -0.2) is 13.0 Å². The largest absolute Gasteiger partial charge is 0.419 e. The fraction of sp³-hybridized carbons (Fsp3) is 0.133. The van der Waals surface area contributed by atoms with Gasteiger partial charge in [-0.25, -0.2) is 13.2 Å². The molecule has 1 N–H and O–H groups in total. The zero-order valence-electron chi connectivity index (χ0n) is 12.6. The van der Waals surface area contributed by atoms with Crippen molar-refractivity contribution in [2.75, 3.05) is 4.72 Å². The van der Waals surface area contributed by atoms with Crippen LogP contribution in [0.2, 0.25) is 10.0 Å². The third-order valence-electron chi connectivity index (χ3n) is 3.55. The van der Waals surface area contributed by atoms with Gasteiger partial charge in [0, 0.05) is 18.1 Å². The van der Waals surface area contributed by atoms with Crippen LogP contribution in [0.1, 0.15) is 5.56 Å². The van der Waals surface area contributed by atoms with E-state index in [0.717, 1.165) is 0 Å². The summed E-state index contributed by atoms with van der Waals surface area (Å²) in [5.41, 5.74) is 1.32. The van der Waals surface area contributed by atoms with Crippen molar-refractivity contribution < 1.29 is 12.8 Å². The van der Waals surface area contributed by atoms with Crippen LogP contribution in [0.25, 0.3) is 11.1 Å². The van der Waals surface area contributed by atoms with E-state index in [1.165, 1.54) is 22.8 Å². The number of hydrogen-bond acceptors (Lipinski definition) is 4. The van der Waals surface area contributed by atoms with E-state index in [2.05, 4.69) is 4.72 Å². The molecule has 0 unspecified atom stereocenters. The first kappa shape index (κ1) is 16.9. The maximum absolute atomic E-state index is 12.7. The van der Waals surface area contributed by atoms with Crippen molar-refractivity contribution in [2.24, 2.45) is 7.05 Å². The molecule has 0 aliphatic rings. The molecule has 0 saturated heterocycles. The van der Waals surface area contributed by atoms with Gasteiger partial charge in [0.15, 0.2) is 5.58 Å². The maximum Gasteiger partial charge on any atom is 0.419 e. The average Bonchev–Trinajstić information content (AvgIpc) is 2.77. The number of sulfonamides is 1. The fourth-order valence-electron chi connectivity index (χ4n) is 2.32. The zero-order chi connectivity index (χ0) is 17.6. The lowest BCUT2D eigenvalue weighted by Crippen LogP contribution is -2.14. The van der Waals surface area contributed by atoms with Gasteiger partial charge >= 0.3 is 5.76 Å². The van der Waals surface area contributed by atoms with Crippen LogP contribution in [0, 0.1) is 6.92 Å². The topological polar surface area (TPSA) is 81.3 Å². The number of aryl methyl sites for hydroxylation is 2. The highest BCUT2D eigenvalue weighted by atomic mass is 35.5. The summed E-state index contributed by atoms with van der Waals surface area (Å²) in [5, 5.41) is 0.561. The molecular formula is C15H12Cl2N2O4S. The quantitative estimate of drug-likeness (QED) is 0.745. The molecule has 24 heavy (non-hydrogen) atoms. The van der Waals surface area contributed by atoms with Gasteiger partial charge in [0.05, 0.1) is 21.1 Å². The lowest BCUT2D eigenvalue weighted by molar-refractivity contribution is 0.527. The van der Waals surface area contributed by atoms with Gasteiger partial charge in [0.2, 0.25) is 0 Å². The van der Waals surface area contributed by atoms with Gasteiger partial charge < -0.3 is 4.42 Å². The van der Waals surface area contributed by atoms with Crippen LogP contribution in [-0.2, 0) is 17.1 Å². The summed E-state index contributed by atoms with van der Waals surface area (Å²) in [7, 11) is -2.40. The van der Waals surface area contributed by atoms with Gasteiger partial charge in [-0.1, -0.05) is 23.2 Å². The molecule has 3 rings (SSSR count). The molecule has 2 aromatic carbocycles. The summed E-state index contributed by atoms with van der Waals surface area (Å²) < 4.78 is 34.1. The molecule has 0 bridgehead atoms. The Balaban J connectivity index is 2.13. The number of anilines is 1. The normalized spacial score (nSPS) is 11.8. The molecule has 0 spiro atoms. The molecule has 9 heteroatoms. The van der Waals surface area contributed by atoms with Crippen molar-refractivity contribution in [2.45, 2.75) is 11.8 Å². The van der Waals surface area contributed by atoms with Gasteiger partial charge in [-0.2, -0.15) is 0 Å². The van der Waals surface area contributed by atoms with Gasteiger partial charge in [-0.15, -0.1) is 0 Å². The lowest BCUT2D eigenvalue weighted by atomic mass is 10.2. The minimum Gasteiger partial charge on any atom is -0.408 e.